The van der Waals surface area contributed by atoms with Crippen LogP contribution in [-0.4, -0.2) is 29.2 Å². The van der Waals surface area contributed by atoms with Crippen molar-refractivity contribution >= 4 is 5.91 Å². The molecule has 0 atom stereocenters. The Morgan fingerprint density at radius 3 is 2.45 bits per heavy atom. The average Bonchev–Trinajstić information content (AvgIpc) is 3.12. The fourth-order valence-corrected chi connectivity index (χ4v) is 3.35. The molecule has 0 radical (unpaired) electrons. The average molecular weight is 392 g/mol. The lowest BCUT2D eigenvalue weighted by atomic mass is 9.99. The van der Waals surface area contributed by atoms with Crippen molar-refractivity contribution in [3.8, 4) is 22.8 Å². The number of carbonyl (C=O) groups excluding carboxylic acids is 1. The van der Waals surface area contributed by atoms with Crippen LogP contribution in [0.4, 0.5) is 0 Å². The topological polar surface area (TPSA) is 63.5 Å². The van der Waals surface area contributed by atoms with Crippen LogP contribution in [0.3, 0.4) is 0 Å². The number of aromatic nitrogens is 1. The SMILES string of the molecule is CCNC(=O)c1ccc(-c2cc(C(C)C)ccc2O)n1Cc1ccc(OC)cc1. The molecule has 0 aliphatic heterocycles. The first-order valence-electron chi connectivity index (χ1n) is 9.88. The van der Waals surface area contributed by atoms with E-state index in [4.69, 9.17) is 4.74 Å². The molecule has 0 fully saturated rings. The van der Waals surface area contributed by atoms with Crippen molar-refractivity contribution in [2.45, 2.75) is 33.2 Å². The Morgan fingerprint density at radius 2 is 1.83 bits per heavy atom. The van der Waals surface area contributed by atoms with Crippen molar-refractivity contribution in [1.29, 1.82) is 0 Å². The van der Waals surface area contributed by atoms with E-state index in [9.17, 15) is 9.90 Å². The summed E-state index contributed by atoms with van der Waals surface area (Å²) in [5.41, 5.74) is 4.26. The molecule has 5 nitrogen and oxygen atoms in total. The van der Waals surface area contributed by atoms with Gasteiger partial charge < -0.3 is 19.7 Å². The lowest BCUT2D eigenvalue weighted by molar-refractivity contribution is 0.0947. The van der Waals surface area contributed by atoms with Crippen LogP contribution in [0.1, 0.15) is 48.3 Å². The summed E-state index contributed by atoms with van der Waals surface area (Å²) in [6.07, 6.45) is 0. The molecule has 1 aromatic heterocycles. The zero-order valence-electron chi connectivity index (χ0n) is 17.4. The van der Waals surface area contributed by atoms with Crippen molar-refractivity contribution in [1.82, 2.24) is 9.88 Å². The Kier molecular flexibility index (Phi) is 6.27. The molecule has 2 N–H and O–H groups in total. The Labute approximate surface area is 172 Å². The quantitative estimate of drug-likeness (QED) is 0.608. The van der Waals surface area contributed by atoms with Crippen molar-refractivity contribution in [2.75, 3.05) is 13.7 Å². The molecule has 152 valence electrons. The molecule has 5 heteroatoms. The van der Waals surface area contributed by atoms with E-state index >= 15 is 0 Å². The number of hydrogen-bond donors (Lipinski definition) is 2. The molecule has 1 amide bonds. The smallest absolute Gasteiger partial charge is 0.267 e. The molecule has 3 rings (SSSR count). The van der Waals surface area contributed by atoms with Crippen LogP contribution in [0.25, 0.3) is 11.3 Å². The molecule has 1 heterocycles. The molecule has 0 unspecified atom stereocenters. The molecular formula is C24H28N2O3. The molecule has 2 aromatic carbocycles. The van der Waals surface area contributed by atoms with Gasteiger partial charge in [-0.05, 0) is 60.4 Å². The minimum Gasteiger partial charge on any atom is -0.507 e. The number of nitrogens with one attached hydrogen (secondary N) is 1. The molecule has 3 aromatic rings. The van der Waals surface area contributed by atoms with Gasteiger partial charge in [0, 0.05) is 18.7 Å². The second-order valence-corrected chi connectivity index (χ2v) is 7.33. The van der Waals surface area contributed by atoms with Crippen LogP contribution in [0.15, 0.2) is 54.6 Å². The van der Waals surface area contributed by atoms with Crippen LogP contribution in [-0.2, 0) is 6.54 Å². The number of phenolic OH excluding ortho intramolecular Hbond substituents is 1. The zero-order valence-corrected chi connectivity index (χ0v) is 17.4. The number of aromatic hydroxyl groups is 1. The Morgan fingerprint density at radius 1 is 1.10 bits per heavy atom. The summed E-state index contributed by atoms with van der Waals surface area (Å²) >= 11 is 0. The summed E-state index contributed by atoms with van der Waals surface area (Å²) in [4.78, 5) is 12.6. The van der Waals surface area contributed by atoms with E-state index in [2.05, 4.69) is 19.2 Å². The predicted molar refractivity (Wildman–Crippen MR) is 116 cm³/mol. The van der Waals surface area contributed by atoms with Gasteiger partial charge in [-0.15, -0.1) is 0 Å². The van der Waals surface area contributed by atoms with E-state index in [1.807, 2.05) is 60.0 Å². The van der Waals surface area contributed by atoms with Crippen LogP contribution >= 0.6 is 0 Å². The first-order chi connectivity index (χ1) is 13.9. The summed E-state index contributed by atoms with van der Waals surface area (Å²) < 4.78 is 7.19. The van der Waals surface area contributed by atoms with Gasteiger partial charge in [0.05, 0.1) is 12.8 Å². The van der Waals surface area contributed by atoms with Crippen molar-refractivity contribution in [2.24, 2.45) is 0 Å². The zero-order chi connectivity index (χ0) is 21.0. The Hall–Kier alpha value is -3.21. The van der Waals surface area contributed by atoms with E-state index in [1.54, 1.807) is 13.2 Å². The number of nitrogens with zero attached hydrogens (tertiary/aromatic N) is 1. The van der Waals surface area contributed by atoms with Gasteiger partial charge in [-0.1, -0.05) is 32.0 Å². The summed E-state index contributed by atoms with van der Waals surface area (Å²) in [7, 11) is 1.64. The number of rotatable bonds is 7. The molecule has 0 aliphatic carbocycles. The van der Waals surface area contributed by atoms with E-state index in [0.717, 1.165) is 28.1 Å². The number of methoxy groups -OCH3 is 1. The number of hydrogen-bond acceptors (Lipinski definition) is 3. The number of phenols is 1. The second kappa shape index (κ2) is 8.86. The number of benzene rings is 2. The predicted octanol–water partition coefficient (Wildman–Crippen LogP) is 4.79. The van der Waals surface area contributed by atoms with Crippen LogP contribution in [0, 0.1) is 0 Å². The minimum atomic E-state index is -0.133. The highest BCUT2D eigenvalue weighted by molar-refractivity contribution is 5.94. The fraction of sp³-hybridized carbons (Fsp3) is 0.292. The maximum atomic E-state index is 12.6. The van der Waals surface area contributed by atoms with Gasteiger partial charge in [-0.2, -0.15) is 0 Å². The van der Waals surface area contributed by atoms with E-state index in [1.165, 1.54) is 0 Å². The van der Waals surface area contributed by atoms with Crippen LogP contribution in [0.5, 0.6) is 11.5 Å². The summed E-state index contributed by atoms with van der Waals surface area (Å²) in [5, 5.41) is 13.4. The van der Waals surface area contributed by atoms with Gasteiger partial charge in [0.25, 0.3) is 5.91 Å². The maximum absolute atomic E-state index is 12.6. The monoisotopic (exact) mass is 392 g/mol. The molecule has 29 heavy (non-hydrogen) atoms. The lowest BCUT2D eigenvalue weighted by Crippen LogP contribution is -2.25. The highest BCUT2D eigenvalue weighted by Crippen LogP contribution is 2.34. The third-order valence-corrected chi connectivity index (χ3v) is 5.01. The normalized spacial score (nSPS) is 10.9. The van der Waals surface area contributed by atoms with Crippen LogP contribution < -0.4 is 10.1 Å². The van der Waals surface area contributed by atoms with E-state index in [-0.39, 0.29) is 11.7 Å². The highest BCUT2D eigenvalue weighted by Gasteiger charge is 2.18. The number of carbonyl (C=O) groups is 1. The number of amides is 1. The molecule has 0 saturated heterocycles. The largest absolute Gasteiger partial charge is 0.507 e. The Bertz CT molecular complexity index is 988. The fourth-order valence-electron chi connectivity index (χ4n) is 3.35. The summed E-state index contributed by atoms with van der Waals surface area (Å²) in [6.45, 7) is 7.19. The maximum Gasteiger partial charge on any atom is 0.267 e. The second-order valence-electron chi connectivity index (χ2n) is 7.33. The minimum absolute atomic E-state index is 0.133. The summed E-state index contributed by atoms with van der Waals surface area (Å²) in [6, 6.07) is 17.1. The lowest BCUT2D eigenvalue weighted by Gasteiger charge is -2.16. The molecule has 0 saturated carbocycles. The Balaban J connectivity index is 2.10. The third-order valence-electron chi connectivity index (χ3n) is 5.01. The van der Waals surface area contributed by atoms with Gasteiger partial charge in [0.1, 0.15) is 17.2 Å². The first kappa shape index (κ1) is 20.5. The van der Waals surface area contributed by atoms with Crippen molar-refractivity contribution < 1.29 is 14.6 Å². The van der Waals surface area contributed by atoms with Gasteiger partial charge >= 0.3 is 0 Å². The highest BCUT2D eigenvalue weighted by atomic mass is 16.5. The van der Waals surface area contributed by atoms with E-state index in [0.29, 0.717) is 24.7 Å². The van der Waals surface area contributed by atoms with Crippen LogP contribution in [0.2, 0.25) is 0 Å². The molecular weight excluding hydrogens is 364 g/mol. The molecule has 0 aliphatic rings. The summed E-state index contributed by atoms with van der Waals surface area (Å²) in [5.74, 6) is 1.19. The van der Waals surface area contributed by atoms with Gasteiger partial charge in [0.15, 0.2) is 0 Å². The third kappa shape index (κ3) is 4.45. The standard InChI is InChI=1S/C24H28N2O3/c1-5-25-24(28)22-12-11-21(20-14-18(16(2)3)8-13-23(20)27)26(22)15-17-6-9-19(29-4)10-7-17/h6-14,16,27H,5,15H2,1-4H3,(H,25,28). The van der Waals surface area contributed by atoms with Crippen molar-refractivity contribution in [3.05, 3.63) is 71.4 Å². The van der Waals surface area contributed by atoms with Gasteiger partial charge in [-0.25, -0.2) is 0 Å². The molecule has 0 bridgehead atoms. The molecule has 0 spiro atoms. The van der Waals surface area contributed by atoms with E-state index < -0.39 is 0 Å². The van der Waals surface area contributed by atoms with Crippen molar-refractivity contribution in [3.63, 3.8) is 0 Å². The van der Waals surface area contributed by atoms with Gasteiger partial charge in [0.2, 0.25) is 0 Å². The number of ether oxygens (including phenoxy) is 1. The van der Waals surface area contributed by atoms with Gasteiger partial charge in [-0.3, -0.25) is 4.79 Å². The first-order valence-corrected chi connectivity index (χ1v) is 9.88.